The van der Waals surface area contributed by atoms with Gasteiger partial charge in [0.25, 0.3) is 5.91 Å². The Labute approximate surface area is 124 Å². The molecule has 0 atom stereocenters. The van der Waals surface area contributed by atoms with Crippen molar-refractivity contribution in [1.29, 1.82) is 0 Å². The number of benzene rings is 1. The van der Waals surface area contributed by atoms with Crippen LogP contribution in [-0.2, 0) is 0 Å². The number of phenols is 1. The molecule has 2 N–H and O–H groups in total. The molecular weight excluding hydrogens is 306 g/mol. The zero-order valence-corrected chi connectivity index (χ0v) is 11.8. The quantitative estimate of drug-likeness (QED) is 0.829. The summed E-state index contributed by atoms with van der Waals surface area (Å²) < 4.78 is 13.6. The van der Waals surface area contributed by atoms with Gasteiger partial charge in [-0.3, -0.25) is 4.79 Å². The zero-order chi connectivity index (χ0) is 14.9. The molecule has 0 saturated carbocycles. The lowest BCUT2D eigenvalue weighted by molar-refractivity contribution is 0.102. The van der Waals surface area contributed by atoms with Crippen molar-refractivity contribution in [2.75, 3.05) is 5.32 Å². The maximum atomic E-state index is 13.6. The van der Waals surface area contributed by atoms with E-state index in [0.29, 0.717) is 5.56 Å². The summed E-state index contributed by atoms with van der Waals surface area (Å²) in [5.74, 6) is -1.80. The molecule has 1 amide bonds. The van der Waals surface area contributed by atoms with Crippen molar-refractivity contribution in [3.63, 3.8) is 0 Å². The van der Waals surface area contributed by atoms with E-state index >= 15 is 0 Å². The van der Waals surface area contributed by atoms with Crippen LogP contribution < -0.4 is 5.32 Å². The summed E-state index contributed by atoms with van der Waals surface area (Å²) in [5, 5.41) is 11.8. The fraction of sp³-hybridized carbons (Fsp3) is 0.0769. The van der Waals surface area contributed by atoms with Gasteiger partial charge >= 0.3 is 0 Å². The predicted molar refractivity (Wildman–Crippen MR) is 75.0 cm³/mol. The molecule has 0 fully saturated rings. The summed E-state index contributed by atoms with van der Waals surface area (Å²) in [4.78, 5) is 15.8. The minimum absolute atomic E-state index is 0.0162. The molecule has 1 aromatic carbocycles. The van der Waals surface area contributed by atoms with E-state index in [2.05, 4.69) is 10.3 Å². The van der Waals surface area contributed by atoms with Crippen LogP contribution in [0.3, 0.4) is 0 Å². The van der Waals surface area contributed by atoms with E-state index < -0.39 is 11.7 Å². The van der Waals surface area contributed by atoms with E-state index in [9.17, 15) is 9.18 Å². The lowest BCUT2D eigenvalue weighted by Crippen LogP contribution is -2.15. The van der Waals surface area contributed by atoms with Gasteiger partial charge in [0.1, 0.15) is 16.7 Å². The zero-order valence-electron chi connectivity index (χ0n) is 10.2. The molecule has 104 valence electrons. The van der Waals surface area contributed by atoms with E-state index in [1.54, 1.807) is 6.92 Å². The van der Waals surface area contributed by atoms with E-state index in [-0.39, 0.29) is 27.3 Å². The number of aromatic nitrogens is 1. The Kier molecular flexibility index (Phi) is 4.11. The number of nitrogens with zero attached hydrogens (tertiary/aromatic N) is 1. The first-order chi connectivity index (χ1) is 9.38. The van der Waals surface area contributed by atoms with Crippen LogP contribution in [0.5, 0.6) is 5.75 Å². The standard InChI is InChI=1S/C13H9Cl2FN2O2/c1-6-4-10(14)17-12(15)11(6)18-13(20)8-3-2-7(19)5-9(8)16/h2-5,19H,1H3,(H,18,20). The van der Waals surface area contributed by atoms with Crippen LogP contribution in [0.2, 0.25) is 10.3 Å². The van der Waals surface area contributed by atoms with Crippen LogP contribution in [0.15, 0.2) is 24.3 Å². The number of amides is 1. The largest absolute Gasteiger partial charge is 0.508 e. The summed E-state index contributed by atoms with van der Waals surface area (Å²) in [6.45, 7) is 1.68. The Balaban J connectivity index is 2.33. The monoisotopic (exact) mass is 314 g/mol. The number of rotatable bonds is 2. The summed E-state index contributed by atoms with van der Waals surface area (Å²) in [5.41, 5.74) is 0.643. The van der Waals surface area contributed by atoms with E-state index in [1.807, 2.05) is 0 Å². The number of hydrogen-bond donors (Lipinski definition) is 2. The Morgan fingerprint density at radius 3 is 2.65 bits per heavy atom. The van der Waals surface area contributed by atoms with Gasteiger partial charge in [-0.25, -0.2) is 9.37 Å². The molecule has 0 bridgehead atoms. The van der Waals surface area contributed by atoms with Crippen molar-refractivity contribution in [2.24, 2.45) is 0 Å². The second-order valence-corrected chi connectivity index (χ2v) is 4.79. The average molecular weight is 315 g/mol. The van der Waals surface area contributed by atoms with Gasteiger partial charge in [0.2, 0.25) is 0 Å². The lowest BCUT2D eigenvalue weighted by Gasteiger charge is -2.10. The van der Waals surface area contributed by atoms with Crippen molar-refractivity contribution in [3.05, 3.63) is 51.5 Å². The molecule has 20 heavy (non-hydrogen) atoms. The molecule has 0 saturated heterocycles. The first-order valence-electron chi connectivity index (χ1n) is 5.51. The summed E-state index contributed by atoms with van der Waals surface area (Å²) in [6.07, 6.45) is 0. The molecule has 1 aromatic heterocycles. The molecule has 0 radical (unpaired) electrons. The number of phenolic OH excluding ortho intramolecular Hbond substituents is 1. The minimum atomic E-state index is -0.835. The van der Waals surface area contributed by atoms with E-state index in [0.717, 1.165) is 6.07 Å². The van der Waals surface area contributed by atoms with Gasteiger partial charge in [-0.15, -0.1) is 0 Å². The molecule has 0 unspecified atom stereocenters. The number of carbonyl (C=O) groups excluding carboxylic acids is 1. The first kappa shape index (κ1) is 14.6. The number of nitrogens with one attached hydrogen (secondary N) is 1. The Hall–Kier alpha value is -1.85. The molecule has 0 aliphatic carbocycles. The Morgan fingerprint density at radius 2 is 2.05 bits per heavy atom. The smallest absolute Gasteiger partial charge is 0.258 e. The normalized spacial score (nSPS) is 10.4. The van der Waals surface area contributed by atoms with Crippen molar-refractivity contribution in [2.45, 2.75) is 6.92 Å². The molecule has 2 rings (SSSR count). The van der Waals surface area contributed by atoms with Gasteiger partial charge in [0.15, 0.2) is 5.15 Å². The second-order valence-electron chi connectivity index (χ2n) is 4.05. The number of halogens is 3. The van der Waals surface area contributed by atoms with Crippen LogP contribution in [0, 0.1) is 12.7 Å². The summed E-state index contributed by atoms with van der Waals surface area (Å²) in [7, 11) is 0. The Bertz CT molecular complexity index is 669. The maximum Gasteiger partial charge on any atom is 0.258 e. The predicted octanol–water partition coefficient (Wildman–Crippen LogP) is 3.79. The maximum absolute atomic E-state index is 13.6. The number of anilines is 1. The molecule has 7 heteroatoms. The van der Waals surface area contributed by atoms with Crippen LogP contribution >= 0.6 is 23.2 Å². The van der Waals surface area contributed by atoms with Gasteiger partial charge in [-0.05, 0) is 30.7 Å². The third-order valence-electron chi connectivity index (χ3n) is 2.58. The van der Waals surface area contributed by atoms with Crippen LogP contribution in [-0.4, -0.2) is 16.0 Å². The van der Waals surface area contributed by atoms with Gasteiger partial charge in [-0.2, -0.15) is 0 Å². The second kappa shape index (κ2) is 5.64. The van der Waals surface area contributed by atoms with Crippen molar-refractivity contribution >= 4 is 34.8 Å². The topological polar surface area (TPSA) is 62.2 Å². The lowest BCUT2D eigenvalue weighted by atomic mass is 10.1. The summed E-state index contributed by atoms with van der Waals surface area (Å²) in [6, 6.07) is 4.76. The Morgan fingerprint density at radius 1 is 1.35 bits per heavy atom. The van der Waals surface area contributed by atoms with Gasteiger partial charge in [-0.1, -0.05) is 23.2 Å². The van der Waals surface area contributed by atoms with Crippen LogP contribution in [0.25, 0.3) is 0 Å². The van der Waals surface area contributed by atoms with Gasteiger partial charge in [0.05, 0.1) is 11.3 Å². The molecule has 0 aliphatic rings. The molecule has 0 aliphatic heterocycles. The third-order valence-corrected chi connectivity index (χ3v) is 3.04. The van der Waals surface area contributed by atoms with E-state index in [4.69, 9.17) is 28.3 Å². The molecule has 4 nitrogen and oxygen atoms in total. The number of carbonyl (C=O) groups is 1. The fourth-order valence-electron chi connectivity index (χ4n) is 1.61. The molecule has 0 spiro atoms. The highest BCUT2D eigenvalue weighted by Gasteiger charge is 2.16. The van der Waals surface area contributed by atoms with Gasteiger partial charge < -0.3 is 10.4 Å². The van der Waals surface area contributed by atoms with Gasteiger partial charge in [0, 0.05) is 6.07 Å². The molecule has 2 aromatic rings. The molecular formula is C13H9Cl2FN2O2. The highest BCUT2D eigenvalue weighted by molar-refractivity contribution is 6.35. The van der Waals surface area contributed by atoms with Crippen molar-refractivity contribution < 1.29 is 14.3 Å². The number of aryl methyl sites for hydroxylation is 1. The first-order valence-corrected chi connectivity index (χ1v) is 6.26. The average Bonchev–Trinajstić information content (AvgIpc) is 2.33. The van der Waals surface area contributed by atoms with Crippen molar-refractivity contribution in [3.8, 4) is 5.75 Å². The number of hydrogen-bond acceptors (Lipinski definition) is 3. The van der Waals surface area contributed by atoms with Crippen LogP contribution in [0.4, 0.5) is 10.1 Å². The fourth-order valence-corrected chi connectivity index (χ4v) is 2.19. The highest BCUT2D eigenvalue weighted by Crippen LogP contribution is 2.27. The molecule has 1 heterocycles. The minimum Gasteiger partial charge on any atom is -0.508 e. The summed E-state index contributed by atoms with van der Waals surface area (Å²) >= 11 is 11.6. The third kappa shape index (κ3) is 3.00. The number of aromatic hydroxyl groups is 1. The van der Waals surface area contributed by atoms with E-state index in [1.165, 1.54) is 18.2 Å². The number of pyridine rings is 1. The van der Waals surface area contributed by atoms with Crippen LogP contribution in [0.1, 0.15) is 15.9 Å². The highest BCUT2D eigenvalue weighted by atomic mass is 35.5. The van der Waals surface area contributed by atoms with Crippen molar-refractivity contribution in [1.82, 2.24) is 4.98 Å². The SMILES string of the molecule is Cc1cc(Cl)nc(Cl)c1NC(=O)c1ccc(O)cc1F.